The van der Waals surface area contributed by atoms with E-state index < -0.39 is 17.6 Å². The van der Waals surface area contributed by atoms with Crippen LogP contribution in [0.5, 0.6) is 0 Å². The number of halogens is 4. The van der Waals surface area contributed by atoms with Crippen molar-refractivity contribution >= 4 is 40.0 Å². The van der Waals surface area contributed by atoms with E-state index in [4.69, 9.17) is 11.6 Å². The molecule has 2 heterocycles. The van der Waals surface area contributed by atoms with Gasteiger partial charge in [-0.3, -0.25) is 4.79 Å². The highest BCUT2D eigenvalue weighted by Gasteiger charge is 2.31. The molecule has 0 aliphatic carbocycles. The Labute approximate surface area is 167 Å². The molecule has 6 nitrogen and oxygen atoms in total. The van der Waals surface area contributed by atoms with Crippen molar-refractivity contribution in [3.63, 3.8) is 0 Å². The van der Waals surface area contributed by atoms with Gasteiger partial charge in [-0.05, 0) is 30.2 Å². The zero-order valence-electron chi connectivity index (χ0n) is 14.5. The van der Waals surface area contributed by atoms with Gasteiger partial charge in [0.15, 0.2) is 5.13 Å². The first kappa shape index (κ1) is 20.4. The Balaban J connectivity index is 1.63. The highest BCUT2D eigenvalue weighted by Crippen LogP contribution is 2.33. The number of hydrogen-bond acceptors (Lipinski definition) is 4. The quantitative estimate of drug-likeness (QED) is 0.755. The van der Waals surface area contributed by atoms with Gasteiger partial charge in [-0.2, -0.15) is 13.2 Å². The Morgan fingerprint density at radius 3 is 2.89 bits per heavy atom. The minimum atomic E-state index is -4.45. The van der Waals surface area contributed by atoms with Crippen LogP contribution in [-0.2, 0) is 17.4 Å². The highest BCUT2D eigenvalue weighted by atomic mass is 35.5. The van der Waals surface area contributed by atoms with Crippen molar-refractivity contribution in [1.29, 1.82) is 0 Å². The molecule has 1 aromatic carbocycles. The summed E-state index contributed by atoms with van der Waals surface area (Å²) in [7, 11) is 0. The second-order valence-electron chi connectivity index (χ2n) is 6.17. The van der Waals surface area contributed by atoms with E-state index in [1.54, 1.807) is 0 Å². The number of alkyl halides is 3. The molecule has 0 spiro atoms. The van der Waals surface area contributed by atoms with Gasteiger partial charge in [-0.1, -0.05) is 11.6 Å². The summed E-state index contributed by atoms with van der Waals surface area (Å²) in [6, 6.07) is 2.86. The molecule has 3 amide bonds. The van der Waals surface area contributed by atoms with Gasteiger partial charge in [0.1, 0.15) is 6.54 Å². The maximum absolute atomic E-state index is 12.9. The van der Waals surface area contributed by atoms with Gasteiger partial charge in [0.25, 0.3) is 0 Å². The Morgan fingerprint density at radius 2 is 2.18 bits per heavy atom. The van der Waals surface area contributed by atoms with Crippen LogP contribution >= 0.6 is 22.9 Å². The molecule has 0 radical (unpaired) electrons. The third-order valence-corrected chi connectivity index (χ3v) is 5.32. The summed E-state index contributed by atoms with van der Waals surface area (Å²) in [5, 5.41) is 5.79. The molecule has 11 heteroatoms. The molecule has 1 aliphatic heterocycles. The van der Waals surface area contributed by atoms with Crippen molar-refractivity contribution in [2.75, 3.05) is 25.0 Å². The fourth-order valence-corrected chi connectivity index (χ4v) is 3.72. The van der Waals surface area contributed by atoms with Crippen LogP contribution in [0.2, 0.25) is 5.02 Å². The fraction of sp³-hybridized carbons (Fsp3) is 0.353. The number of carbonyl (C=O) groups is 2. The maximum Gasteiger partial charge on any atom is 0.416 e. The van der Waals surface area contributed by atoms with Crippen LogP contribution < -0.4 is 10.6 Å². The molecule has 2 N–H and O–H groups in total. The lowest BCUT2D eigenvalue weighted by atomic mass is 10.1. The Morgan fingerprint density at radius 1 is 1.39 bits per heavy atom. The van der Waals surface area contributed by atoms with Crippen molar-refractivity contribution in [3.05, 3.63) is 45.4 Å². The molecule has 2 aromatic rings. The van der Waals surface area contributed by atoms with Crippen molar-refractivity contribution in [1.82, 2.24) is 15.2 Å². The van der Waals surface area contributed by atoms with Crippen LogP contribution in [0.4, 0.5) is 23.1 Å². The second kappa shape index (κ2) is 8.36. The van der Waals surface area contributed by atoms with Crippen LogP contribution in [0.1, 0.15) is 22.4 Å². The average molecular weight is 433 g/mol. The van der Waals surface area contributed by atoms with Gasteiger partial charge >= 0.3 is 12.2 Å². The summed E-state index contributed by atoms with van der Waals surface area (Å²) in [6.45, 7) is 0.988. The smallest absolute Gasteiger partial charge is 0.338 e. The molecule has 1 fully saturated rings. The molecular weight excluding hydrogens is 417 g/mol. The molecule has 3 rings (SSSR count). The Bertz CT molecular complexity index is 888. The maximum atomic E-state index is 12.9. The molecule has 1 saturated heterocycles. The average Bonchev–Trinajstić information content (AvgIpc) is 3.04. The van der Waals surface area contributed by atoms with E-state index in [0.29, 0.717) is 28.7 Å². The number of nitrogens with one attached hydrogen (secondary N) is 2. The summed E-state index contributed by atoms with van der Waals surface area (Å²) in [6.07, 6.45) is -2.06. The summed E-state index contributed by atoms with van der Waals surface area (Å²) < 4.78 is 38.6. The molecule has 0 atom stereocenters. The summed E-state index contributed by atoms with van der Waals surface area (Å²) >= 11 is 7.15. The molecular formula is C17H16ClF3N4O2S. The van der Waals surface area contributed by atoms with E-state index in [1.807, 2.05) is 0 Å². The standard InChI is InChI=1S/C17H16ClF3N4O2S/c18-13-3-2-11(17(19,20)21)6-10(13)7-12-8-23-15(28-12)24-14(26)9-25-5-1-4-22-16(25)27/h2-3,6,8H,1,4-5,7,9H2,(H,22,27)(H,23,24,26). The summed E-state index contributed by atoms with van der Waals surface area (Å²) in [4.78, 5) is 29.9. The zero-order valence-corrected chi connectivity index (χ0v) is 16.0. The number of aromatic nitrogens is 1. The number of urea groups is 1. The van der Waals surface area contributed by atoms with Crippen molar-refractivity contribution in [3.8, 4) is 0 Å². The molecule has 0 bridgehead atoms. The summed E-state index contributed by atoms with van der Waals surface area (Å²) in [5.41, 5.74) is -0.451. The number of nitrogens with zero attached hydrogens (tertiary/aromatic N) is 2. The molecule has 1 aromatic heterocycles. The van der Waals surface area contributed by atoms with Crippen molar-refractivity contribution < 1.29 is 22.8 Å². The lowest BCUT2D eigenvalue weighted by molar-refractivity contribution is -0.137. The SMILES string of the molecule is O=C(CN1CCCNC1=O)Nc1ncc(Cc2cc(C(F)(F)F)ccc2Cl)s1. The highest BCUT2D eigenvalue weighted by molar-refractivity contribution is 7.15. The minimum Gasteiger partial charge on any atom is -0.338 e. The van der Waals surface area contributed by atoms with E-state index >= 15 is 0 Å². The number of thiazole rings is 1. The second-order valence-corrected chi connectivity index (χ2v) is 7.69. The predicted octanol–water partition coefficient (Wildman–Crippen LogP) is 3.76. The minimum absolute atomic E-state index is 0.0970. The number of hydrogen-bond donors (Lipinski definition) is 2. The Hall–Kier alpha value is -2.33. The molecule has 0 unspecified atom stereocenters. The number of carbonyl (C=O) groups excluding carboxylic acids is 2. The topological polar surface area (TPSA) is 74.3 Å². The molecule has 0 saturated carbocycles. The number of anilines is 1. The van der Waals surface area contributed by atoms with E-state index in [1.165, 1.54) is 17.2 Å². The van der Waals surface area contributed by atoms with E-state index in [-0.39, 0.29) is 24.0 Å². The number of amides is 3. The van der Waals surface area contributed by atoms with Crippen LogP contribution in [0.3, 0.4) is 0 Å². The molecule has 150 valence electrons. The monoisotopic (exact) mass is 432 g/mol. The molecule has 1 aliphatic rings. The normalized spacial score (nSPS) is 14.7. The largest absolute Gasteiger partial charge is 0.416 e. The predicted molar refractivity (Wildman–Crippen MR) is 99.6 cm³/mol. The van der Waals surface area contributed by atoms with E-state index in [2.05, 4.69) is 15.6 Å². The lowest BCUT2D eigenvalue weighted by Crippen LogP contribution is -2.49. The van der Waals surface area contributed by atoms with Crippen LogP contribution in [0.25, 0.3) is 0 Å². The van der Waals surface area contributed by atoms with Gasteiger partial charge in [0, 0.05) is 35.6 Å². The van der Waals surface area contributed by atoms with Crippen LogP contribution in [0.15, 0.2) is 24.4 Å². The van der Waals surface area contributed by atoms with Crippen molar-refractivity contribution in [2.24, 2.45) is 0 Å². The van der Waals surface area contributed by atoms with Gasteiger partial charge in [-0.25, -0.2) is 9.78 Å². The Kier molecular flexibility index (Phi) is 6.09. The fourth-order valence-electron chi connectivity index (χ4n) is 2.68. The molecule has 28 heavy (non-hydrogen) atoms. The van der Waals surface area contributed by atoms with Gasteiger partial charge in [0.2, 0.25) is 5.91 Å². The van der Waals surface area contributed by atoms with Crippen molar-refractivity contribution in [2.45, 2.75) is 19.0 Å². The first-order chi connectivity index (χ1) is 13.2. The van der Waals surface area contributed by atoms with Gasteiger partial charge < -0.3 is 15.5 Å². The van der Waals surface area contributed by atoms with E-state index in [0.717, 1.165) is 29.9 Å². The first-order valence-corrected chi connectivity index (χ1v) is 9.55. The number of benzene rings is 1. The van der Waals surface area contributed by atoms with Gasteiger partial charge in [-0.15, -0.1) is 11.3 Å². The third-order valence-electron chi connectivity index (χ3n) is 4.04. The van der Waals surface area contributed by atoms with E-state index in [9.17, 15) is 22.8 Å². The summed E-state index contributed by atoms with van der Waals surface area (Å²) in [5.74, 6) is -0.393. The third kappa shape index (κ3) is 5.14. The number of rotatable bonds is 5. The zero-order chi connectivity index (χ0) is 20.3. The van der Waals surface area contributed by atoms with Gasteiger partial charge in [0.05, 0.1) is 5.56 Å². The van der Waals surface area contributed by atoms with Crippen LogP contribution in [-0.4, -0.2) is 41.5 Å². The van der Waals surface area contributed by atoms with Crippen LogP contribution in [0, 0.1) is 0 Å². The lowest BCUT2D eigenvalue weighted by Gasteiger charge is -2.26. The first-order valence-electron chi connectivity index (χ1n) is 8.35.